The number of nitrogens with two attached hydrogens (primary N) is 1. The smallest absolute Gasteiger partial charge is 0.411 e. The van der Waals surface area contributed by atoms with Crippen LogP contribution in [0.4, 0.5) is 10.5 Å². The molecule has 0 unspecified atom stereocenters. The molecule has 0 bridgehead atoms. The fourth-order valence-electron chi connectivity index (χ4n) is 5.12. The molecule has 0 radical (unpaired) electrons. The molecular formula is C25H28N2O9. The van der Waals surface area contributed by atoms with Crippen molar-refractivity contribution in [2.75, 3.05) is 11.9 Å². The monoisotopic (exact) mass is 500 g/mol. The van der Waals surface area contributed by atoms with Crippen LogP contribution in [0.25, 0.3) is 0 Å². The first kappa shape index (κ1) is 25.2. The van der Waals surface area contributed by atoms with E-state index in [-0.39, 0.29) is 48.1 Å². The third-order valence-corrected chi connectivity index (χ3v) is 6.81. The fraction of sp³-hybridized carbons (Fsp3) is 0.440. The summed E-state index contributed by atoms with van der Waals surface area (Å²) in [5.41, 5.74) is 1.32. The van der Waals surface area contributed by atoms with Crippen molar-refractivity contribution in [2.24, 2.45) is 23.0 Å². The Morgan fingerprint density at radius 3 is 2.44 bits per heavy atom. The number of aliphatic hydroxyl groups excluding tert-OH is 2. The molecular weight excluding hydrogens is 472 g/mol. The van der Waals surface area contributed by atoms with Crippen molar-refractivity contribution in [1.82, 2.24) is 0 Å². The molecule has 192 valence electrons. The Kier molecular flexibility index (Phi) is 5.87. The number of hydrogen-bond acceptors (Lipinski definition) is 9. The lowest BCUT2D eigenvalue weighted by atomic mass is 9.60. The maximum absolute atomic E-state index is 13.5. The van der Waals surface area contributed by atoms with E-state index in [9.17, 15) is 39.6 Å². The zero-order valence-corrected chi connectivity index (χ0v) is 20.0. The van der Waals surface area contributed by atoms with Crippen LogP contribution < -0.4 is 11.1 Å². The van der Waals surface area contributed by atoms with Crippen LogP contribution >= 0.6 is 0 Å². The Morgan fingerprint density at radius 2 is 1.83 bits per heavy atom. The Labute approximate surface area is 206 Å². The molecule has 0 aromatic heterocycles. The van der Waals surface area contributed by atoms with Crippen molar-refractivity contribution in [3.63, 3.8) is 0 Å². The summed E-state index contributed by atoms with van der Waals surface area (Å²) >= 11 is 0. The number of aromatic hydroxyl groups is 1. The number of hydrogen-bond donors (Lipinski definition) is 6. The van der Waals surface area contributed by atoms with Gasteiger partial charge in [-0.3, -0.25) is 19.7 Å². The van der Waals surface area contributed by atoms with Crippen LogP contribution in [0.5, 0.6) is 5.75 Å². The Hall–Kier alpha value is -3.86. The van der Waals surface area contributed by atoms with Crippen molar-refractivity contribution in [1.29, 1.82) is 0 Å². The maximum atomic E-state index is 13.5. The van der Waals surface area contributed by atoms with Gasteiger partial charge < -0.3 is 30.9 Å². The van der Waals surface area contributed by atoms with Gasteiger partial charge in [-0.15, -0.1) is 0 Å². The van der Waals surface area contributed by atoms with E-state index in [0.717, 1.165) is 0 Å². The van der Waals surface area contributed by atoms with Crippen LogP contribution in [-0.4, -0.2) is 56.2 Å². The number of carbonyl (C=O) groups excluding carboxylic acids is 4. The summed E-state index contributed by atoms with van der Waals surface area (Å²) in [5, 5.41) is 45.7. The average Bonchev–Trinajstić information content (AvgIpc) is 2.76. The van der Waals surface area contributed by atoms with E-state index in [1.54, 1.807) is 6.07 Å². The van der Waals surface area contributed by atoms with E-state index in [1.807, 2.05) is 20.8 Å². The number of benzene rings is 1. The van der Waals surface area contributed by atoms with E-state index in [0.29, 0.717) is 5.56 Å². The topological polar surface area (TPSA) is 196 Å². The number of amides is 2. The van der Waals surface area contributed by atoms with Gasteiger partial charge in [0.15, 0.2) is 17.1 Å². The van der Waals surface area contributed by atoms with E-state index >= 15 is 0 Å². The molecule has 11 heteroatoms. The number of anilines is 1. The van der Waals surface area contributed by atoms with Crippen LogP contribution in [0.3, 0.4) is 0 Å². The van der Waals surface area contributed by atoms with Gasteiger partial charge in [0.2, 0.25) is 5.78 Å². The van der Waals surface area contributed by atoms with E-state index in [1.165, 1.54) is 6.07 Å². The highest BCUT2D eigenvalue weighted by molar-refractivity contribution is 6.24. The van der Waals surface area contributed by atoms with Crippen LogP contribution in [0.15, 0.2) is 34.8 Å². The lowest BCUT2D eigenvalue weighted by Gasteiger charge is -2.45. The summed E-state index contributed by atoms with van der Waals surface area (Å²) in [4.78, 5) is 50.3. The molecule has 36 heavy (non-hydrogen) atoms. The van der Waals surface area contributed by atoms with Crippen LogP contribution in [0.1, 0.15) is 49.5 Å². The third-order valence-electron chi connectivity index (χ3n) is 6.81. The number of allylic oxidation sites excluding steroid dienone is 2. The SMILES string of the molecule is CC(C)(C)COC(=O)Nc1ccc2c(c1O)C(=O)C1=C(O)[C@]3(O)C(=O)C(C(N)=O)=C(O)C[C@@H]3C[C@@H]1C2. The highest BCUT2D eigenvalue weighted by atomic mass is 16.5. The van der Waals surface area contributed by atoms with Crippen LogP contribution in [0, 0.1) is 17.3 Å². The summed E-state index contributed by atoms with van der Waals surface area (Å²) in [7, 11) is 0. The minimum atomic E-state index is -2.63. The normalized spacial score (nSPS) is 25.7. The standard InChI is InChI=1S/C25H28N2O9/c1-24(2,3)9-36-23(34)27-13-5-4-10-6-11-7-12-8-14(28)17(22(26)33)21(32)25(12,35)20(31)16(11)19(30)15(10)18(13)29/h4-5,11-12,28-29,31,35H,6-9H2,1-3H3,(H2,26,33)(H,27,34)/t11-,12-,25-/m0/s1. The summed E-state index contributed by atoms with van der Waals surface area (Å²) < 4.78 is 5.13. The van der Waals surface area contributed by atoms with E-state index in [2.05, 4.69) is 5.32 Å². The van der Waals surface area contributed by atoms with Crippen LogP contribution in [0.2, 0.25) is 0 Å². The van der Waals surface area contributed by atoms with Crippen LogP contribution in [-0.2, 0) is 20.7 Å². The van der Waals surface area contributed by atoms with Crippen molar-refractivity contribution in [3.8, 4) is 5.75 Å². The molecule has 1 aromatic rings. The lowest BCUT2D eigenvalue weighted by molar-refractivity contribution is -0.144. The molecule has 0 fully saturated rings. The molecule has 3 aliphatic carbocycles. The Morgan fingerprint density at radius 1 is 1.17 bits per heavy atom. The average molecular weight is 501 g/mol. The van der Waals surface area contributed by atoms with Crippen molar-refractivity contribution in [2.45, 2.75) is 45.6 Å². The maximum Gasteiger partial charge on any atom is 0.411 e. The largest absolute Gasteiger partial charge is 0.511 e. The zero-order valence-electron chi connectivity index (χ0n) is 20.0. The van der Waals surface area contributed by atoms with Gasteiger partial charge in [0.1, 0.15) is 17.1 Å². The molecule has 3 aliphatic rings. The van der Waals surface area contributed by atoms with Crippen molar-refractivity contribution >= 4 is 29.3 Å². The highest BCUT2D eigenvalue weighted by Gasteiger charge is 2.59. The number of Topliss-reactive ketones (excluding diaryl/α,β-unsaturated/α-hetero) is 2. The summed E-state index contributed by atoms with van der Waals surface area (Å²) in [6.07, 6.45) is -0.906. The second-order valence-electron chi connectivity index (χ2n) is 10.7. The number of ketones is 2. The number of carbonyl (C=O) groups is 4. The predicted octanol–water partition coefficient (Wildman–Crippen LogP) is 2.18. The van der Waals surface area contributed by atoms with Crippen molar-refractivity contribution < 1.29 is 44.3 Å². The zero-order chi connectivity index (χ0) is 26.7. The van der Waals surface area contributed by atoms with E-state index in [4.69, 9.17) is 10.5 Å². The first-order valence-electron chi connectivity index (χ1n) is 11.4. The number of rotatable bonds is 3. The number of ether oxygens (including phenoxy) is 1. The molecule has 0 saturated carbocycles. The molecule has 0 saturated heterocycles. The molecule has 3 atom stereocenters. The number of phenols is 1. The van der Waals surface area contributed by atoms with Gasteiger partial charge in [-0.1, -0.05) is 26.8 Å². The van der Waals surface area contributed by atoms with Gasteiger partial charge >= 0.3 is 6.09 Å². The minimum Gasteiger partial charge on any atom is -0.511 e. The number of phenolic OH excluding ortho intramolecular Hbond substituents is 1. The molecule has 11 nitrogen and oxygen atoms in total. The minimum absolute atomic E-state index is 0.0445. The Balaban J connectivity index is 1.72. The molecule has 4 rings (SSSR count). The Bertz CT molecular complexity index is 1270. The summed E-state index contributed by atoms with van der Waals surface area (Å²) in [6.45, 7) is 5.72. The first-order chi connectivity index (χ1) is 16.7. The van der Waals surface area contributed by atoms with Gasteiger partial charge in [-0.2, -0.15) is 0 Å². The van der Waals surface area contributed by atoms with E-state index < -0.39 is 63.8 Å². The molecule has 0 spiro atoms. The highest BCUT2D eigenvalue weighted by Crippen LogP contribution is 2.51. The third kappa shape index (κ3) is 3.89. The molecule has 0 heterocycles. The molecule has 2 amide bonds. The number of aliphatic hydroxyl groups is 3. The second kappa shape index (κ2) is 8.37. The quantitative estimate of drug-likeness (QED) is 0.266. The molecule has 7 N–H and O–H groups in total. The predicted molar refractivity (Wildman–Crippen MR) is 125 cm³/mol. The fourth-order valence-corrected chi connectivity index (χ4v) is 5.12. The number of fused-ring (bicyclic) bond motifs is 3. The van der Waals surface area contributed by atoms with Gasteiger partial charge in [0, 0.05) is 17.9 Å². The molecule has 0 aliphatic heterocycles. The molecule has 1 aromatic carbocycles. The summed E-state index contributed by atoms with van der Waals surface area (Å²) in [6, 6.07) is 2.97. The van der Waals surface area contributed by atoms with Gasteiger partial charge in [0.05, 0.1) is 17.9 Å². The van der Waals surface area contributed by atoms with Crippen molar-refractivity contribution in [3.05, 3.63) is 45.9 Å². The van der Waals surface area contributed by atoms with Gasteiger partial charge in [0.25, 0.3) is 5.91 Å². The summed E-state index contributed by atoms with van der Waals surface area (Å²) in [5.74, 6) is -7.07. The number of primary amides is 1. The van der Waals surface area contributed by atoms with Gasteiger partial charge in [-0.25, -0.2) is 4.79 Å². The first-order valence-corrected chi connectivity index (χ1v) is 11.4. The lowest BCUT2D eigenvalue weighted by Crippen LogP contribution is -2.57. The van der Waals surface area contributed by atoms with Gasteiger partial charge in [-0.05, 0) is 35.8 Å². The number of nitrogens with one attached hydrogen (secondary N) is 1. The second-order valence-corrected chi connectivity index (χ2v) is 10.7.